The van der Waals surface area contributed by atoms with Gasteiger partial charge < -0.3 is 14.5 Å². The van der Waals surface area contributed by atoms with Crippen LogP contribution in [0.5, 0.6) is 5.75 Å². The van der Waals surface area contributed by atoms with Gasteiger partial charge in [-0.25, -0.2) is 9.97 Å². The summed E-state index contributed by atoms with van der Waals surface area (Å²) in [5.74, 6) is 2.98. The van der Waals surface area contributed by atoms with E-state index in [1.54, 1.807) is 7.11 Å². The Balaban J connectivity index is 1.55. The van der Waals surface area contributed by atoms with Crippen molar-refractivity contribution in [3.8, 4) is 5.75 Å². The molecule has 1 aromatic carbocycles. The lowest BCUT2D eigenvalue weighted by Gasteiger charge is -2.36. The Morgan fingerprint density at radius 2 is 1.56 bits per heavy atom. The van der Waals surface area contributed by atoms with Gasteiger partial charge in [0.2, 0.25) is 5.91 Å². The fraction of sp³-hybridized carbons (Fsp3) is 0.607. The Labute approximate surface area is 205 Å². The van der Waals surface area contributed by atoms with E-state index in [0.29, 0.717) is 12.3 Å². The van der Waals surface area contributed by atoms with Crippen molar-refractivity contribution in [2.45, 2.75) is 78.6 Å². The molecule has 1 aromatic heterocycles. The quantitative estimate of drug-likeness (QED) is 0.388. The SMILES string of the molecule is CCCCCCCCCC(=O)N1CCN(c2nc(C)nc(C)c2Cc2ccc(OC)cc2)CC1. The molecule has 1 aliphatic heterocycles. The smallest absolute Gasteiger partial charge is 0.222 e. The number of hydrogen-bond donors (Lipinski definition) is 0. The van der Waals surface area contributed by atoms with Crippen LogP contribution in [-0.2, 0) is 11.2 Å². The van der Waals surface area contributed by atoms with Crippen molar-refractivity contribution in [1.29, 1.82) is 0 Å². The summed E-state index contributed by atoms with van der Waals surface area (Å²) in [6, 6.07) is 8.19. The summed E-state index contributed by atoms with van der Waals surface area (Å²) in [5, 5.41) is 0. The van der Waals surface area contributed by atoms with Crippen molar-refractivity contribution >= 4 is 11.7 Å². The van der Waals surface area contributed by atoms with Crippen molar-refractivity contribution < 1.29 is 9.53 Å². The van der Waals surface area contributed by atoms with Crippen LogP contribution in [0, 0.1) is 13.8 Å². The van der Waals surface area contributed by atoms with Gasteiger partial charge in [0.1, 0.15) is 17.4 Å². The fourth-order valence-corrected chi connectivity index (χ4v) is 4.69. The molecule has 0 radical (unpaired) electrons. The molecule has 186 valence electrons. The highest BCUT2D eigenvalue weighted by atomic mass is 16.5. The maximum absolute atomic E-state index is 12.7. The number of carbonyl (C=O) groups excluding carboxylic acids is 1. The van der Waals surface area contributed by atoms with Crippen LogP contribution in [0.15, 0.2) is 24.3 Å². The molecular formula is C28H42N4O2. The van der Waals surface area contributed by atoms with Gasteiger partial charge >= 0.3 is 0 Å². The number of hydrogen-bond acceptors (Lipinski definition) is 5. The van der Waals surface area contributed by atoms with Crippen molar-refractivity contribution in [2.75, 3.05) is 38.2 Å². The van der Waals surface area contributed by atoms with E-state index in [1.165, 1.54) is 49.7 Å². The molecule has 1 aliphatic rings. The highest BCUT2D eigenvalue weighted by molar-refractivity contribution is 5.76. The van der Waals surface area contributed by atoms with E-state index in [4.69, 9.17) is 9.72 Å². The third-order valence-corrected chi connectivity index (χ3v) is 6.77. The van der Waals surface area contributed by atoms with Gasteiger partial charge in [0.05, 0.1) is 7.11 Å². The first-order chi connectivity index (χ1) is 16.5. The zero-order valence-electron chi connectivity index (χ0n) is 21.6. The zero-order valence-corrected chi connectivity index (χ0v) is 21.6. The molecule has 1 saturated heterocycles. The molecule has 2 aromatic rings. The number of benzene rings is 1. The molecule has 1 fully saturated rings. The number of carbonyl (C=O) groups is 1. The first kappa shape index (κ1) is 26.0. The van der Waals surface area contributed by atoms with E-state index < -0.39 is 0 Å². The number of anilines is 1. The second kappa shape index (κ2) is 13.3. The van der Waals surface area contributed by atoms with E-state index >= 15 is 0 Å². The molecular weight excluding hydrogens is 424 g/mol. The van der Waals surface area contributed by atoms with Gasteiger partial charge in [0, 0.05) is 50.3 Å². The van der Waals surface area contributed by atoms with Crippen molar-refractivity contribution in [3.05, 3.63) is 46.9 Å². The number of amides is 1. The Morgan fingerprint density at radius 1 is 0.912 bits per heavy atom. The molecule has 6 heteroatoms. The average Bonchev–Trinajstić information content (AvgIpc) is 2.85. The lowest BCUT2D eigenvalue weighted by Crippen LogP contribution is -2.49. The van der Waals surface area contributed by atoms with Gasteiger partial charge in [-0.15, -0.1) is 0 Å². The Morgan fingerprint density at radius 3 is 2.21 bits per heavy atom. The maximum Gasteiger partial charge on any atom is 0.222 e. The molecule has 1 amide bonds. The summed E-state index contributed by atoms with van der Waals surface area (Å²) in [6.45, 7) is 9.42. The lowest BCUT2D eigenvalue weighted by molar-refractivity contribution is -0.131. The van der Waals surface area contributed by atoms with Gasteiger partial charge in [0.15, 0.2) is 0 Å². The molecule has 34 heavy (non-hydrogen) atoms. The highest BCUT2D eigenvalue weighted by Crippen LogP contribution is 2.26. The largest absolute Gasteiger partial charge is 0.497 e. The van der Waals surface area contributed by atoms with Crippen LogP contribution < -0.4 is 9.64 Å². The molecule has 0 unspecified atom stereocenters. The average molecular weight is 467 g/mol. The van der Waals surface area contributed by atoms with Crippen molar-refractivity contribution in [3.63, 3.8) is 0 Å². The standard InChI is InChI=1S/C28H42N4O2/c1-5-6-7-8-9-10-11-12-27(33)31-17-19-32(20-18-31)28-26(22(2)29-23(3)30-28)21-24-13-15-25(34-4)16-14-24/h13-16H,5-12,17-21H2,1-4H3. The molecule has 0 aliphatic carbocycles. The Kier molecular flexibility index (Phi) is 10.2. The highest BCUT2D eigenvalue weighted by Gasteiger charge is 2.24. The second-order valence-corrected chi connectivity index (χ2v) is 9.42. The molecule has 0 spiro atoms. The first-order valence-electron chi connectivity index (χ1n) is 13.0. The van der Waals surface area contributed by atoms with Gasteiger partial charge in [-0.2, -0.15) is 0 Å². The first-order valence-corrected chi connectivity index (χ1v) is 13.0. The number of piperazine rings is 1. The lowest BCUT2D eigenvalue weighted by atomic mass is 10.0. The number of nitrogens with zero attached hydrogens (tertiary/aromatic N) is 4. The summed E-state index contributed by atoms with van der Waals surface area (Å²) >= 11 is 0. The summed E-state index contributed by atoms with van der Waals surface area (Å²) in [7, 11) is 1.68. The van der Waals surface area contributed by atoms with Gasteiger partial charge in [-0.05, 0) is 38.0 Å². The van der Waals surface area contributed by atoms with Crippen molar-refractivity contribution in [2.24, 2.45) is 0 Å². The molecule has 3 rings (SSSR count). The van der Waals surface area contributed by atoms with Crippen LogP contribution in [0.3, 0.4) is 0 Å². The monoisotopic (exact) mass is 466 g/mol. The van der Waals surface area contributed by atoms with Crippen LogP contribution >= 0.6 is 0 Å². The van der Waals surface area contributed by atoms with E-state index in [-0.39, 0.29) is 0 Å². The number of ether oxygens (including phenoxy) is 1. The predicted octanol–water partition coefficient (Wildman–Crippen LogP) is 5.48. The molecule has 0 N–H and O–H groups in total. The molecule has 6 nitrogen and oxygen atoms in total. The maximum atomic E-state index is 12.7. The van der Waals surface area contributed by atoms with Gasteiger partial charge in [-0.3, -0.25) is 4.79 Å². The van der Waals surface area contributed by atoms with Crippen molar-refractivity contribution in [1.82, 2.24) is 14.9 Å². The van der Waals surface area contributed by atoms with Gasteiger partial charge in [-0.1, -0.05) is 57.6 Å². The van der Waals surface area contributed by atoms with Crippen LogP contribution in [0.2, 0.25) is 0 Å². The molecule has 2 heterocycles. The fourth-order valence-electron chi connectivity index (χ4n) is 4.69. The normalized spacial score (nSPS) is 13.9. The zero-order chi connectivity index (χ0) is 24.3. The number of aromatic nitrogens is 2. The minimum atomic E-state index is 0.307. The van der Waals surface area contributed by atoms with Gasteiger partial charge in [0.25, 0.3) is 0 Å². The van der Waals surface area contributed by atoms with Crippen LogP contribution in [0.25, 0.3) is 0 Å². The predicted molar refractivity (Wildman–Crippen MR) is 139 cm³/mol. The van der Waals surface area contributed by atoms with E-state index in [0.717, 1.165) is 62.1 Å². The van der Waals surface area contributed by atoms with E-state index in [2.05, 4.69) is 35.9 Å². The third kappa shape index (κ3) is 7.44. The topological polar surface area (TPSA) is 58.6 Å². The summed E-state index contributed by atoms with van der Waals surface area (Å²) in [4.78, 5) is 26.6. The number of rotatable bonds is 12. The molecule has 0 atom stereocenters. The molecule has 0 bridgehead atoms. The van der Waals surface area contributed by atoms with Crippen LogP contribution in [0.4, 0.5) is 5.82 Å². The summed E-state index contributed by atoms with van der Waals surface area (Å²) in [6.07, 6.45) is 10.1. The van der Waals surface area contributed by atoms with Crippen LogP contribution in [0.1, 0.15) is 80.9 Å². The van der Waals surface area contributed by atoms with E-state index in [9.17, 15) is 4.79 Å². The van der Waals surface area contributed by atoms with Crippen LogP contribution in [-0.4, -0.2) is 54.1 Å². The minimum absolute atomic E-state index is 0.307. The minimum Gasteiger partial charge on any atom is -0.497 e. The second-order valence-electron chi connectivity index (χ2n) is 9.42. The summed E-state index contributed by atoms with van der Waals surface area (Å²) in [5.41, 5.74) is 3.40. The Hall–Kier alpha value is -2.63. The molecule has 0 saturated carbocycles. The summed E-state index contributed by atoms with van der Waals surface area (Å²) < 4.78 is 5.29. The third-order valence-electron chi connectivity index (χ3n) is 6.77. The number of methoxy groups -OCH3 is 1. The van der Waals surface area contributed by atoms with E-state index in [1.807, 2.05) is 24.0 Å². The number of aryl methyl sites for hydroxylation is 2. The number of unbranched alkanes of at least 4 members (excludes halogenated alkanes) is 6. The Bertz CT molecular complexity index is 905.